The second kappa shape index (κ2) is 8.17. The van der Waals surface area contributed by atoms with Gasteiger partial charge in [-0.2, -0.15) is 13.2 Å². The maximum Gasteiger partial charge on any atom is 0.471 e. The molecule has 1 aliphatic rings. The average molecular weight is 321 g/mol. The van der Waals surface area contributed by atoms with Gasteiger partial charge in [0.1, 0.15) is 0 Å². The largest absolute Gasteiger partial charge is 0.471 e. The zero-order valence-electron chi connectivity index (χ0n) is 12.8. The SMILES string of the molecule is CN(C)C/C=C/C(=O)NCC1CCCCN1C(=O)C(F)(F)F. The number of nitrogens with zero attached hydrogens (tertiary/aromatic N) is 2. The van der Waals surface area contributed by atoms with Crippen molar-refractivity contribution in [2.75, 3.05) is 33.7 Å². The summed E-state index contributed by atoms with van der Waals surface area (Å²) in [5.41, 5.74) is 0. The van der Waals surface area contributed by atoms with Gasteiger partial charge in [0.25, 0.3) is 0 Å². The van der Waals surface area contributed by atoms with Gasteiger partial charge >= 0.3 is 12.1 Å². The fraction of sp³-hybridized carbons (Fsp3) is 0.714. The van der Waals surface area contributed by atoms with Crippen LogP contribution in [0.15, 0.2) is 12.2 Å². The lowest BCUT2D eigenvalue weighted by Crippen LogP contribution is -2.53. The number of likely N-dealkylation sites (N-methyl/N-ethyl adjacent to an activating group) is 1. The van der Waals surface area contributed by atoms with Gasteiger partial charge in [-0.15, -0.1) is 0 Å². The van der Waals surface area contributed by atoms with Crippen LogP contribution in [0.1, 0.15) is 19.3 Å². The van der Waals surface area contributed by atoms with Gasteiger partial charge in [0.15, 0.2) is 0 Å². The number of piperidine rings is 1. The predicted molar refractivity (Wildman–Crippen MR) is 76.1 cm³/mol. The Kier molecular flexibility index (Phi) is 6.86. The number of likely N-dealkylation sites (tertiary alicyclic amines) is 1. The Morgan fingerprint density at radius 1 is 1.32 bits per heavy atom. The Labute approximate surface area is 128 Å². The molecule has 22 heavy (non-hydrogen) atoms. The van der Waals surface area contributed by atoms with Gasteiger partial charge < -0.3 is 15.1 Å². The minimum absolute atomic E-state index is 0.0347. The highest BCUT2D eigenvalue weighted by Gasteiger charge is 2.45. The second-order valence-corrected chi connectivity index (χ2v) is 5.56. The van der Waals surface area contributed by atoms with E-state index in [0.717, 1.165) is 11.3 Å². The molecule has 1 N–H and O–H groups in total. The summed E-state index contributed by atoms with van der Waals surface area (Å²) in [4.78, 5) is 25.7. The molecular formula is C14H22F3N3O2. The molecule has 1 rings (SSSR count). The second-order valence-electron chi connectivity index (χ2n) is 5.56. The summed E-state index contributed by atoms with van der Waals surface area (Å²) in [5, 5.41) is 2.56. The molecule has 2 amide bonds. The normalized spacial score (nSPS) is 19.7. The van der Waals surface area contributed by atoms with E-state index in [2.05, 4.69) is 5.32 Å². The van der Waals surface area contributed by atoms with Crippen LogP contribution in [0.5, 0.6) is 0 Å². The number of carbonyl (C=O) groups excluding carboxylic acids is 2. The van der Waals surface area contributed by atoms with Crippen molar-refractivity contribution in [3.8, 4) is 0 Å². The molecule has 126 valence electrons. The van der Waals surface area contributed by atoms with Crippen molar-refractivity contribution in [3.05, 3.63) is 12.2 Å². The Bertz CT molecular complexity index is 422. The Morgan fingerprint density at radius 2 is 2.00 bits per heavy atom. The fourth-order valence-corrected chi connectivity index (χ4v) is 2.29. The number of nitrogens with one attached hydrogen (secondary N) is 1. The lowest BCUT2D eigenvalue weighted by molar-refractivity contribution is -0.189. The number of rotatable bonds is 5. The molecule has 0 spiro atoms. The number of amides is 2. The van der Waals surface area contributed by atoms with E-state index in [1.54, 1.807) is 6.08 Å². The summed E-state index contributed by atoms with van der Waals surface area (Å²) in [6, 6.07) is -0.603. The number of halogens is 3. The molecule has 1 aliphatic heterocycles. The van der Waals surface area contributed by atoms with Gasteiger partial charge in [-0.3, -0.25) is 9.59 Å². The van der Waals surface area contributed by atoms with Gasteiger partial charge in [0.05, 0.1) is 0 Å². The molecule has 8 heteroatoms. The van der Waals surface area contributed by atoms with E-state index in [0.29, 0.717) is 19.4 Å². The maximum atomic E-state index is 12.6. The van der Waals surface area contributed by atoms with Crippen LogP contribution in [0.3, 0.4) is 0 Å². The van der Waals surface area contributed by atoms with Gasteiger partial charge in [0.2, 0.25) is 5.91 Å². The van der Waals surface area contributed by atoms with Gasteiger partial charge in [-0.25, -0.2) is 0 Å². The van der Waals surface area contributed by atoms with Crippen LogP contribution in [-0.4, -0.2) is 67.6 Å². The standard InChI is InChI=1S/C14H22F3N3O2/c1-19(2)8-5-7-12(21)18-10-11-6-3-4-9-20(11)13(22)14(15,16)17/h5,7,11H,3-4,6,8-10H2,1-2H3,(H,18,21)/b7-5+. The number of hydrogen-bond acceptors (Lipinski definition) is 3. The summed E-state index contributed by atoms with van der Waals surface area (Å²) in [6.07, 6.45) is -0.101. The molecular weight excluding hydrogens is 299 g/mol. The van der Waals surface area contributed by atoms with E-state index in [9.17, 15) is 22.8 Å². The third-order valence-electron chi connectivity index (χ3n) is 3.38. The molecule has 1 saturated heterocycles. The van der Waals surface area contributed by atoms with Crippen molar-refractivity contribution in [1.82, 2.24) is 15.1 Å². The first-order valence-corrected chi connectivity index (χ1v) is 7.18. The first kappa shape index (κ1) is 18.5. The molecule has 5 nitrogen and oxygen atoms in total. The van der Waals surface area contributed by atoms with Crippen molar-refractivity contribution in [1.29, 1.82) is 0 Å². The van der Waals surface area contributed by atoms with Crippen LogP contribution in [0.4, 0.5) is 13.2 Å². The molecule has 0 bridgehead atoms. The number of hydrogen-bond donors (Lipinski definition) is 1. The molecule has 1 heterocycles. The number of carbonyl (C=O) groups is 2. The Balaban J connectivity index is 2.53. The van der Waals surface area contributed by atoms with Crippen LogP contribution in [-0.2, 0) is 9.59 Å². The van der Waals surface area contributed by atoms with Crippen LogP contribution in [0, 0.1) is 0 Å². The van der Waals surface area contributed by atoms with Crippen molar-refractivity contribution in [2.24, 2.45) is 0 Å². The molecule has 0 aromatic heterocycles. The van der Waals surface area contributed by atoms with Gasteiger partial charge in [0, 0.05) is 31.8 Å². The monoisotopic (exact) mass is 321 g/mol. The highest BCUT2D eigenvalue weighted by molar-refractivity contribution is 5.87. The quantitative estimate of drug-likeness (QED) is 0.773. The molecule has 1 fully saturated rings. The van der Waals surface area contributed by atoms with Crippen molar-refractivity contribution in [2.45, 2.75) is 31.5 Å². The first-order valence-electron chi connectivity index (χ1n) is 7.18. The van der Waals surface area contributed by atoms with Gasteiger partial charge in [-0.05, 0) is 33.4 Å². The fourth-order valence-electron chi connectivity index (χ4n) is 2.29. The highest BCUT2D eigenvalue weighted by atomic mass is 19.4. The van der Waals surface area contributed by atoms with E-state index in [1.165, 1.54) is 6.08 Å². The summed E-state index contributed by atoms with van der Waals surface area (Å²) >= 11 is 0. The molecule has 1 atom stereocenters. The minimum Gasteiger partial charge on any atom is -0.350 e. The van der Waals surface area contributed by atoms with Crippen LogP contribution in [0.2, 0.25) is 0 Å². The lowest BCUT2D eigenvalue weighted by Gasteiger charge is -2.36. The first-order chi connectivity index (χ1) is 10.2. The molecule has 1 unspecified atom stereocenters. The van der Waals surface area contributed by atoms with Crippen molar-refractivity contribution >= 4 is 11.8 Å². The molecule has 0 aromatic rings. The van der Waals surface area contributed by atoms with Crippen LogP contribution < -0.4 is 5.32 Å². The highest BCUT2D eigenvalue weighted by Crippen LogP contribution is 2.24. The zero-order chi connectivity index (χ0) is 16.8. The van der Waals surface area contributed by atoms with Gasteiger partial charge in [-0.1, -0.05) is 6.08 Å². The molecule has 0 aromatic carbocycles. The summed E-state index contributed by atoms with van der Waals surface area (Å²) in [5.74, 6) is -2.19. The van der Waals surface area contributed by atoms with E-state index < -0.39 is 18.1 Å². The summed E-state index contributed by atoms with van der Waals surface area (Å²) in [7, 11) is 3.70. The summed E-state index contributed by atoms with van der Waals surface area (Å²) < 4.78 is 37.7. The predicted octanol–water partition coefficient (Wildman–Crippen LogP) is 1.16. The van der Waals surface area contributed by atoms with Crippen molar-refractivity contribution in [3.63, 3.8) is 0 Å². The average Bonchev–Trinajstić information content (AvgIpc) is 2.43. The topological polar surface area (TPSA) is 52.7 Å². The zero-order valence-corrected chi connectivity index (χ0v) is 12.8. The van der Waals surface area contributed by atoms with E-state index in [4.69, 9.17) is 0 Å². The minimum atomic E-state index is -4.87. The maximum absolute atomic E-state index is 12.6. The van der Waals surface area contributed by atoms with E-state index in [1.807, 2.05) is 19.0 Å². The lowest BCUT2D eigenvalue weighted by atomic mass is 10.0. The molecule has 0 aliphatic carbocycles. The third kappa shape index (κ3) is 6.05. The van der Waals surface area contributed by atoms with Crippen molar-refractivity contribution < 1.29 is 22.8 Å². The summed E-state index contributed by atoms with van der Waals surface area (Å²) in [6.45, 7) is 0.706. The van der Waals surface area contributed by atoms with E-state index >= 15 is 0 Å². The number of alkyl halides is 3. The smallest absolute Gasteiger partial charge is 0.350 e. The molecule has 0 radical (unpaired) electrons. The molecule has 0 saturated carbocycles. The Hall–Kier alpha value is -1.57. The van der Waals surface area contributed by atoms with E-state index in [-0.39, 0.29) is 19.0 Å². The third-order valence-corrected chi connectivity index (χ3v) is 3.38. The van der Waals surface area contributed by atoms with Crippen LogP contribution in [0.25, 0.3) is 0 Å². The van der Waals surface area contributed by atoms with Crippen LogP contribution >= 0.6 is 0 Å². The Morgan fingerprint density at radius 3 is 2.59 bits per heavy atom.